The van der Waals surface area contributed by atoms with Crippen molar-refractivity contribution in [3.63, 3.8) is 0 Å². The largest absolute Gasteiger partial charge is 0.493 e. The number of hydrogen-bond acceptors (Lipinski definition) is 5. The average Bonchev–Trinajstić information content (AvgIpc) is 2.69. The third kappa shape index (κ3) is 5.99. The lowest BCUT2D eigenvalue weighted by Crippen LogP contribution is -2.14. The highest BCUT2D eigenvalue weighted by molar-refractivity contribution is 6.32. The van der Waals surface area contributed by atoms with Gasteiger partial charge in [-0.05, 0) is 35.9 Å². The van der Waals surface area contributed by atoms with Gasteiger partial charge in [-0.25, -0.2) is 4.79 Å². The molecule has 0 bridgehead atoms. The third-order valence-corrected chi connectivity index (χ3v) is 4.01. The Morgan fingerprint density at radius 3 is 2.45 bits per heavy atom. The molecule has 0 aliphatic carbocycles. The van der Waals surface area contributed by atoms with Gasteiger partial charge in [0.05, 0.1) is 24.8 Å². The molecule has 2 aromatic rings. The van der Waals surface area contributed by atoms with Gasteiger partial charge in [0, 0.05) is 11.6 Å². The molecule has 0 aromatic heterocycles. The van der Waals surface area contributed by atoms with Gasteiger partial charge in [0.15, 0.2) is 23.9 Å². The van der Waals surface area contributed by atoms with Crippen molar-refractivity contribution in [1.29, 1.82) is 0 Å². The fourth-order valence-corrected chi connectivity index (χ4v) is 2.63. The zero-order valence-corrected chi connectivity index (χ0v) is 16.1. The van der Waals surface area contributed by atoms with Gasteiger partial charge in [-0.3, -0.25) is 4.79 Å². The predicted octanol–water partition coefficient (Wildman–Crippen LogP) is 4.82. The van der Waals surface area contributed by atoms with Crippen LogP contribution in [0.25, 0.3) is 6.08 Å². The second kappa shape index (κ2) is 9.47. The number of alkyl halides is 3. The summed E-state index contributed by atoms with van der Waals surface area (Å²) in [7, 11) is 2.85. The third-order valence-electron chi connectivity index (χ3n) is 3.73. The summed E-state index contributed by atoms with van der Waals surface area (Å²) in [6.07, 6.45) is -2.14. The molecule has 0 radical (unpaired) electrons. The van der Waals surface area contributed by atoms with E-state index < -0.39 is 30.1 Å². The Balaban J connectivity index is 2.01. The zero-order valence-electron chi connectivity index (χ0n) is 15.4. The molecule has 0 unspecified atom stereocenters. The van der Waals surface area contributed by atoms with Gasteiger partial charge in [0.2, 0.25) is 0 Å². The van der Waals surface area contributed by atoms with E-state index >= 15 is 0 Å². The fourth-order valence-electron chi connectivity index (χ4n) is 2.34. The van der Waals surface area contributed by atoms with Crippen LogP contribution in [-0.2, 0) is 15.7 Å². The van der Waals surface area contributed by atoms with Crippen LogP contribution in [0.15, 0.2) is 42.5 Å². The number of esters is 1. The first-order valence-corrected chi connectivity index (χ1v) is 8.50. The topological polar surface area (TPSA) is 61.8 Å². The second-order valence-electron chi connectivity index (χ2n) is 5.68. The number of rotatable bonds is 7. The van der Waals surface area contributed by atoms with E-state index in [1.807, 2.05) is 0 Å². The number of benzene rings is 2. The number of ketones is 1. The molecule has 154 valence electrons. The van der Waals surface area contributed by atoms with Crippen molar-refractivity contribution < 1.29 is 37.0 Å². The summed E-state index contributed by atoms with van der Waals surface area (Å²) < 4.78 is 53.2. The molecule has 5 nitrogen and oxygen atoms in total. The van der Waals surface area contributed by atoms with Crippen LogP contribution < -0.4 is 9.47 Å². The van der Waals surface area contributed by atoms with E-state index in [-0.39, 0.29) is 10.6 Å². The molecule has 0 amide bonds. The van der Waals surface area contributed by atoms with Crippen LogP contribution >= 0.6 is 11.6 Å². The van der Waals surface area contributed by atoms with E-state index in [0.29, 0.717) is 23.1 Å². The molecule has 0 saturated heterocycles. The van der Waals surface area contributed by atoms with Crippen LogP contribution in [0.4, 0.5) is 13.2 Å². The summed E-state index contributed by atoms with van der Waals surface area (Å²) >= 11 is 6.06. The summed E-state index contributed by atoms with van der Waals surface area (Å²) in [5.41, 5.74) is -0.656. The quantitative estimate of drug-likeness (QED) is 0.359. The van der Waals surface area contributed by atoms with E-state index in [4.69, 9.17) is 25.8 Å². The molecular weight excluding hydrogens is 413 g/mol. The second-order valence-corrected chi connectivity index (χ2v) is 6.09. The molecule has 0 aliphatic heterocycles. The lowest BCUT2D eigenvalue weighted by molar-refractivity contribution is -0.138. The Morgan fingerprint density at radius 2 is 1.83 bits per heavy atom. The first kappa shape index (κ1) is 22.3. The fraction of sp³-hybridized carbons (Fsp3) is 0.200. The van der Waals surface area contributed by atoms with Crippen molar-refractivity contribution in [1.82, 2.24) is 0 Å². The van der Waals surface area contributed by atoms with Crippen molar-refractivity contribution in [3.05, 3.63) is 64.2 Å². The smallest absolute Gasteiger partial charge is 0.416 e. The Hall–Kier alpha value is -3.00. The van der Waals surface area contributed by atoms with Crippen molar-refractivity contribution in [3.8, 4) is 11.5 Å². The van der Waals surface area contributed by atoms with Gasteiger partial charge in [0.25, 0.3) is 0 Å². The summed E-state index contributed by atoms with van der Waals surface area (Å²) in [6, 6.07) is 6.98. The minimum atomic E-state index is -4.57. The highest BCUT2D eigenvalue weighted by Crippen LogP contribution is 2.36. The summed E-state index contributed by atoms with van der Waals surface area (Å²) in [6.45, 7) is -0.697. The van der Waals surface area contributed by atoms with E-state index in [2.05, 4.69) is 0 Å². The minimum absolute atomic E-state index is 0.205. The maximum absolute atomic E-state index is 12.7. The Labute approximate surface area is 169 Å². The summed E-state index contributed by atoms with van der Waals surface area (Å²) in [5, 5.41) is 0.264. The average molecular weight is 429 g/mol. The first-order chi connectivity index (χ1) is 13.7. The molecule has 2 aromatic carbocycles. The lowest BCUT2D eigenvalue weighted by atomic mass is 10.1. The van der Waals surface area contributed by atoms with E-state index in [9.17, 15) is 22.8 Å². The van der Waals surface area contributed by atoms with Crippen molar-refractivity contribution in [2.24, 2.45) is 0 Å². The number of carbonyl (C=O) groups is 2. The Bertz CT molecular complexity index is 938. The maximum Gasteiger partial charge on any atom is 0.416 e. The van der Waals surface area contributed by atoms with Crippen LogP contribution in [0.1, 0.15) is 21.5 Å². The molecular formula is C20H16ClF3O5. The van der Waals surface area contributed by atoms with Gasteiger partial charge in [-0.1, -0.05) is 23.7 Å². The van der Waals surface area contributed by atoms with Gasteiger partial charge < -0.3 is 14.2 Å². The molecule has 0 spiro atoms. The van der Waals surface area contributed by atoms with Crippen LogP contribution in [0.3, 0.4) is 0 Å². The molecule has 9 heteroatoms. The van der Waals surface area contributed by atoms with E-state index in [0.717, 1.165) is 18.2 Å². The van der Waals surface area contributed by atoms with Crippen LogP contribution in [-0.4, -0.2) is 32.6 Å². The van der Waals surface area contributed by atoms with Gasteiger partial charge in [-0.15, -0.1) is 0 Å². The molecule has 0 heterocycles. The van der Waals surface area contributed by atoms with Gasteiger partial charge in [0.1, 0.15) is 0 Å². The zero-order chi connectivity index (χ0) is 21.6. The van der Waals surface area contributed by atoms with E-state index in [1.54, 1.807) is 6.07 Å². The van der Waals surface area contributed by atoms with Crippen molar-refractivity contribution >= 4 is 29.4 Å². The molecule has 0 aliphatic rings. The highest BCUT2D eigenvalue weighted by Gasteiger charge is 2.30. The molecule has 0 fully saturated rings. The predicted molar refractivity (Wildman–Crippen MR) is 100 cm³/mol. The Kier molecular flexibility index (Phi) is 7.28. The highest BCUT2D eigenvalue weighted by atomic mass is 35.5. The molecule has 29 heavy (non-hydrogen) atoms. The van der Waals surface area contributed by atoms with Crippen LogP contribution in [0, 0.1) is 0 Å². The van der Waals surface area contributed by atoms with Crippen LogP contribution in [0.2, 0.25) is 5.02 Å². The number of ether oxygens (including phenoxy) is 3. The standard InChI is InChI=1S/C20H16ClF3O5/c1-27-17-9-12(8-15(21)19(17)28-2)6-7-18(26)29-11-16(25)13-4-3-5-14(10-13)20(22,23)24/h3-10H,11H2,1-2H3/b7-6+. The monoisotopic (exact) mass is 428 g/mol. The molecule has 0 N–H and O–H groups in total. The minimum Gasteiger partial charge on any atom is -0.493 e. The first-order valence-electron chi connectivity index (χ1n) is 8.12. The van der Waals surface area contributed by atoms with Crippen LogP contribution in [0.5, 0.6) is 11.5 Å². The molecule has 0 atom stereocenters. The molecule has 2 rings (SSSR count). The van der Waals surface area contributed by atoms with Gasteiger partial charge >= 0.3 is 12.1 Å². The summed E-state index contributed by atoms with van der Waals surface area (Å²) in [5.74, 6) is -0.920. The van der Waals surface area contributed by atoms with E-state index in [1.165, 1.54) is 32.4 Å². The van der Waals surface area contributed by atoms with Crippen molar-refractivity contribution in [2.45, 2.75) is 6.18 Å². The normalized spacial score (nSPS) is 11.4. The number of methoxy groups -OCH3 is 2. The number of carbonyl (C=O) groups excluding carboxylic acids is 2. The molecule has 0 saturated carbocycles. The van der Waals surface area contributed by atoms with Gasteiger partial charge in [-0.2, -0.15) is 13.2 Å². The maximum atomic E-state index is 12.7. The number of Topliss-reactive ketones (excluding diaryl/α,β-unsaturated/α-hetero) is 1. The SMILES string of the molecule is COc1cc(/C=C/C(=O)OCC(=O)c2cccc(C(F)(F)F)c2)cc(Cl)c1OC. The summed E-state index contributed by atoms with van der Waals surface area (Å²) in [4.78, 5) is 23.8. The lowest BCUT2D eigenvalue weighted by Gasteiger charge is -2.10. The number of halogens is 4. The Morgan fingerprint density at radius 1 is 1.10 bits per heavy atom. The van der Waals surface area contributed by atoms with Crippen molar-refractivity contribution in [2.75, 3.05) is 20.8 Å². The number of hydrogen-bond donors (Lipinski definition) is 0.